The van der Waals surface area contributed by atoms with E-state index >= 15 is 0 Å². The zero-order chi connectivity index (χ0) is 22.0. The third kappa shape index (κ3) is 4.37. The van der Waals surface area contributed by atoms with Crippen molar-refractivity contribution in [2.45, 2.75) is 39.8 Å². The summed E-state index contributed by atoms with van der Waals surface area (Å²) in [6, 6.07) is 13.0. The molecule has 0 atom stereocenters. The molecular weight excluding hydrogens is 389 g/mol. The second-order valence-corrected chi connectivity index (χ2v) is 7.79. The highest BCUT2D eigenvalue weighted by Gasteiger charge is 2.26. The Balaban J connectivity index is 2.04. The highest BCUT2D eigenvalue weighted by atomic mass is 19.2. The molecule has 0 unspecified atom stereocenters. The van der Waals surface area contributed by atoms with E-state index in [9.17, 15) is 18.3 Å². The van der Waals surface area contributed by atoms with Gasteiger partial charge in [-0.3, -0.25) is 0 Å². The summed E-state index contributed by atoms with van der Waals surface area (Å²) in [5.74, 6) is -4.75. The lowest BCUT2D eigenvalue weighted by atomic mass is 9.96. The van der Waals surface area contributed by atoms with Crippen molar-refractivity contribution in [2.75, 3.05) is 10.6 Å². The molecule has 0 heterocycles. The van der Waals surface area contributed by atoms with E-state index in [1.165, 1.54) is 24.3 Å². The summed E-state index contributed by atoms with van der Waals surface area (Å²) in [7, 11) is 0. The molecule has 158 valence electrons. The molecule has 0 aliphatic carbocycles. The lowest BCUT2D eigenvalue weighted by Gasteiger charge is -2.15. The van der Waals surface area contributed by atoms with E-state index in [4.69, 9.17) is 0 Å². The predicted octanol–water partition coefficient (Wildman–Crippen LogP) is 6.78. The van der Waals surface area contributed by atoms with Crippen molar-refractivity contribution in [3.8, 4) is 28.0 Å². The summed E-state index contributed by atoms with van der Waals surface area (Å²) in [4.78, 5) is 0. The molecule has 0 amide bonds. The van der Waals surface area contributed by atoms with Crippen molar-refractivity contribution in [3.05, 3.63) is 66.0 Å². The van der Waals surface area contributed by atoms with Gasteiger partial charge < -0.3 is 15.7 Å². The van der Waals surface area contributed by atoms with Crippen molar-refractivity contribution in [1.29, 1.82) is 0 Å². The van der Waals surface area contributed by atoms with Crippen LogP contribution < -0.4 is 10.6 Å². The summed E-state index contributed by atoms with van der Waals surface area (Å²) < 4.78 is 44.7. The fraction of sp³-hybridized carbons (Fsp3) is 0.250. The Morgan fingerprint density at radius 3 is 1.37 bits per heavy atom. The smallest absolute Gasteiger partial charge is 0.176 e. The first-order valence-corrected chi connectivity index (χ1v) is 9.82. The number of hydrogen-bond acceptors (Lipinski definition) is 3. The molecule has 3 aromatic carbocycles. The van der Waals surface area contributed by atoms with Crippen molar-refractivity contribution in [1.82, 2.24) is 0 Å². The van der Waals surface area contributed by atoms with Crippen LogP contribution in [0.3, 0.4) is 0 Å². The van der Waals surface area contributed by atoms with E-state index in [2.05, 4.69) is 10.6 Å². The normalized spacial score (nSPS) is 11.2. The lowest BCUT2D eigenvalue weighted by Crippen LogP contribution is -2.09. The average Bonchev–Trinajstić information content (AvgIpc) is 2.68. The monoisotopic (exact) mass is 414 g/mol. The first kappa shape index (κ1) is 21.6. The first-order valence-electron chi connectivity index (χ1n) is 9.82. The van der Waals surface area contributed by atoms with E-state index < -0.39 is 34.3 Å². The summed E-state index contributed by atoms with van der Waals surface area (Å²) in [5.41, 5.74) is 0.773. The molecule has 0 aliphatic heterocycles. The average molecular weight is 414 g/mol. The number of nitrogens with one attached hydrogen (secondary N) is 2. The molecule has 3 N–H and O–H groups in total. The summed E-state index contributed by atoms with van der Waals surface area (Å²) in [5, 5.41) is 16.7. The number of halogens is 3. The van der Waals surface area contributed by atoms with Gasteiger partial charge in [0.1, 0.15) is 0 Å². The minimum atomic E-state index is -1.34. The van der Waals surface area contributed by atoms with Gasteiger partial charge in [0.15, 0.2) is 23.2 Å². The van der Waals surface area contributed by atoms with Crippen molar-refractivity contribution < 1.29 is 18.3 Å². The maximum atomic E-state index is 15.0. The third-order valence-electron chi connectivity index (χ3n) is 4.55. The Labute approximate surface area is 174 Å². The van der Waals surface area contributed by atoms with Crippen LogP contribution in [0.4, 0.5) is 24.5 Å². The van der Waals surface area contributed by atoms with Crippen LogP contribution in [0, 0.1) is 17.5 Å². The van der Waals surface area contributed by atoms with Crippen LogP contribution in [0.5, 0.6) is 5.75 Å². The van der Waals surface area contributed by atoms with Crippen LogP contribution in [-0.4, -0.2) is 17.2 Å². The number of phenols is 1. The Morgan fingerprint density at radius 1 is 0.600 bits per heavy atom. The SMILES string of the molecule is CC(C)Nc1ccc(-c2c(O)c(F)c(-c3ccc(NC(C)C)cc3)c(F)c2F)cc1. The fourth-order valence-electron chi connectivity index (χ4n) is 3.30. The summed E-state index contributed by atoms with van der Waals surface area (Å²) in [6.45, 7) is 7.86. The molecule has 6 heteroatoms. The van der Waals surface area contributed by atoms with E-state index in [0.29, 0.717) is 0 Å². The molecule has 0 aliphatic rings. The number of rotatable bonds is 6. The topological polar surface area (TPSA) is 44.3 Å². The minimum Gasteiger partial charge on any atom is -0.504 e. The molecule has 0 bridgehead atoms. The molecule has 0 fully saturated rings. The van der Waals surface area contributed by atoms with Gasteiger partial charge in [-0.05, 0) is 63.1 Å². The van der Waals surface area contributed by atoms with Gasteiger partial charge in [-0.25, -0.2) is 13.2 Å². The molecule has 0 aromatic heterocycles. The Kier molecular flexibility index (Phi) is 6.25. The molecule has 3 rings (SSSR count). The van der Waals surface area contributed by atoms with Gasteiger partial charge in [0, 0.05) is 23.5 Å². The van der Waals surface area contributed by atoms with Crippen LogP contribution in [-0.2, 0) is 0 Å². The van der Waals surface area contributed by atoms with Gasteiger partial charge >= 0.3 is 0 Å². The van der Waals surface area contributed by atoms with Crippen LogP contribution in [0.15, 0.2) is 48.5 Å². The molecule has 3 nitrogen and oxygen atoms in total. The highest BCUT2D eigenvalue weighted by Crippen LogP contribution is 2.42. The number of anilines is 2. The number of phenolic OH excluding ortho intramolecular Hbond substituents is 1. The fourth-order valence-corrected chi connectivity index (χ4v) is 3.30. The lowest BCUT2D eigenvalue weighted by molar-refractivity contribution is 0.419. The minimum absolute atomic E-state index is 0.136. The van der Waals surface area contributed by atoms with Gasteiger partial charge in [0.05, 0.1) is 11.1 Å². The molecule has 30 heavy (non-hydrogen) atoms. The molecule has 0 saturated heterocycles. The standard InChI is InChI=1S/C24H25F3N2O/c1-13(2)28-17-9-5-15(6-10-17)19-21(25)22(26)20(24(30)23(19)27)16-7-11-18(12-8-16)29-14(3)4/h5-14,28-30H,1-4H3. The number of hydrogen-bond donors (Lipinski definition) is 3. The van der Waals surface area contributed by atoms with E-state index in [0.717, 1.165) is 11.4 Å². The second kappa shape index (κ2) is 8.69. The van der Waals surface area contributed by atoms with Crippen LogP contribution >= 0.6 is 0 Å². The molecule has 0 saturated carbocycles. The maximum absolute atomic E-state index is 15.0. The largest absolute Gasteiger partial charge is 0.504 e. The summed E-state index contributed by atoms with van der Waals surface area (Å²) >= 11 is 0. The van der Waals surface area contributed by atoms with Gasteiger partial charge in [-0.1, -0.05) is 24.3 Å². The van der Waals surface area contributed by atoms with E-state index in [1.807, 2.05) is 27.7 Å². The van der Waals surface area contributed by atoms with E-state index in [1.54, 1.807) is 24.3 Å². The zero-order valence-corrected chi connectivity index (χ0v) is 17.4. The Hall–Kier alpha value is -3.15. The van der Waals surface area contributed by atoms with E-state index in [-0.39, 0.29) is 23.2 Å². The van der Waals surface area contributed by atoms with Gasteiger partial charge in [-0.15, -0.1) is 0 Å². The quantitative estimate of drug-likeness (QED) is 0.389. The van der Waals surface area contributed by atoms with Crippen molar-refractivity contribution in [3.63, 3.8) is 0 Å². The third-order valence-corrected chi connectivity index (χ3v) is 4.55. The molecule has 0 radical (unpaired) electrons. The van der Waals surface area contributed by atoms with Crippen LogP contribution in [0.1, 0.15) is 27.7 Å². The van der Waals surface area contributed by atoms with Crippen LogP contribution in [0.2, 0.25) is 0 Å². The molecule has 3 aromatic rings. The van der Waals surface area contributed by atoms with Crippen molar-refractivity contribution in [2.24, 2.45) is 0 Å². The molecular formula is C24H25F3N2O. The Bertz CT molecular complexity index is 916. The zero-order valence-electron chi connectivity index (χ0n) is 17.4. The number of aromatic hydroxyl groups is 1. The number of benzene rings is 3. The predicted molar refractivity (Wildman–Crippen MR) is 116 cm³/mol. The first-order chi connectivity index (χ1) is 14.2. The summed E-state index contributed by atoms with van der Waals surface area (Å²) in [6.07, 6.45) is 0. The van der Waals surface area contributed by atoms with Crippen molar-refractivity contribution >= 4 is 11.4 Å². The van der Waals surface area contributed by atoms with Crippen LogP contribution in [0.25, 0.3) is 22.3 Å². The maximum Gasteiger partial charge on any atom is 0.176 e. The second-order valence-electron chi connectivity index (χ2n) is 7.79. The molecule has 0 spiro atoms. The highest BCUT2D eigenvalue weighted by molar-refractivity contribution is 5.79. The van der Waals surface area contributed by atoms with Gasteiger partial charge in [0.2, 0.25) is 0 Å². The Morgan fingerprint density at radius 2 is 0.967 bits per heavy atom. The van der Waals surface area contributed by atoms with Gasteiger partial charge in [-0.2, -0.15) is 0 Å². The van der Waals surface area contributed by atoms with Gasteiger partial charge in [0.25, 0.3) is 0 Å².